The number of piperazine rings is 1. The monoisotopic (exact) mass is 538 g/mol. The van der Waals surface area contributed by atoms with Crippen LogP contribution in [-0.4, -0.2) is 120 Å². The lowest BCUT2D eigenvalue weighted by Gasteiger charge is -2.39. The second-order valence-corrected chi connectivity index (χ2v) is 12.7. The highest BCUT2D eigenvalue weighted by Crippen LogP contribution is 2.29. The van der Waals surface area contributed by atoms with Gasteiger partial charge in [0.2, 0.25) is 15.9 Å². The van der Waals surface area contributed by atoms with Crippen molar-refractivity contribution in [2.45, 2.75) is 50.5 Å². The molecule has 2 aliphatic rings. The standard InChI is InChI=1S/C27H46N4O5S/c1-21-16-25(35-6)17-22(2)27(21)37(33,34)29(4)14-15-36-20-26(32)30(5)24-9-7-8-23(18-24)19-31-12-10-28(3)11-13-31/h16-17,23-24H,7-15,18-20H2,1-6H3/t23-,24+/m0/s1. The number of sulfonamides is 1. The molecule has 0 aromatic heterocycles. The fraction of sp³-hybridized carbons (Fsp3) is 0.741. The number of rotatable bonds is 11. The van der Waals surface area contributed by atoms with Crippen LogP contribution in [0.1, 0.15) is 36.8 Å². The highest BCUT2D eigenvalue weighted by Gasteiger charge is 2.29. The predicted octanol–water partition coefficient (Wildman–Crippen LogP) is 2.21. The first-order chi connectivity index (χ1) is 17.5. The smallest absolute Gasteiger partial charge is 0.248 e. The maximum Gasteiger partial charge on any atom is 0.248 e. The van der Waals surface area contributed by atoms with Gasteiger partial charge in [-0.15, -0.1) is 0 Å². The van der Waals surface area contributed by atoms with E-state index in [1.165, 1.54) is 17.8 Å². The molecule has 9 nitrogen and oxygen atoms in total. The normalized spacial score (nSPS) is 21.8. The third-order valence-electron chi connectivity index (χ3n) is 7.92. The van der Waals surface area contributed by atoms with E-state index in [1.54, 1.807) is 33.1 Å². The van der Waals surface area contributed by atoms with Crippen LogP contribution in [0.4, 0.5) is 0 Å². The highest BCUT2D eigenvalue weighted by atomic mass is 32.2. The molecule has 0 unspecified atom stereocenters. The first-order valence-electron chi connectivity index (χ1n) is 13.4. The number of methoxy groups -OCH3 is 1. The van der Waals surface area contributed by atoms with Crippen molar-refractivity contribution in [2.24, 2.45) is 5.92 Å². The Morgan fingerprint density at radius 1 is 1.08 bits per heavy atom. The van der Waals surface area contributed by atoms with Crippen LogP contribution in [0.15, 0.2) is 17.0 Å². The van der Waals surface area contributed by atoms with Crippen LogP contribution in [0, 0.1) is 19.8 Å². The van der Waals surface area contributed by atoms with Gasteiger partial charge in [0.1, 0.15) is 12.4 Å². The molecule has 1 aliphatic carbocycles. The Kier molecular flexibility index (Phi) is 10.8. The Morgan fingerprint density at radius 2 is 1.73 bits per heavy atom. The molecule has 3 rings (SSSR count). The Hall–Kier alpha value is -1.72. The first kappa shape index (κ1) is 29.8. The number of ether oxygens (including phenoxy) is 2. The van der Waals surface area contributed by atoms with Crippen LogP contribution in [0.3, 0.4) is 0 Å². The summed E-state index contributed by atoms with van der Waals surface area (Å²) in [5.41, 5.74) is 1.28. The lowest BCUT2D eigenvalue weighted by Crippen LogP contribution is -2.48. The molecule has 1 aromatic rings. The molecule has 37 heavy (non-hydrogen) atoms. The summed E-state index contributed by atoms with van der Waals surface area (Å²) in [5, 5.41) is 0. The number of hydrogen-bond donors (Lipinski definition) is 0. The van der Waals surface area contributed by atoms with Gasteiger partial charge in [0, 0.05) is 59.4 Å². The van der Waals surface area contributed by atoms with Crippen molar-refractivity contribution < 1.29 is 22.7 Å². The molecule has 10 heteroatoms. The molecule has 2 atom stereocenters. The molecule has 2 fully saturated rings. The number of aryl methyl sites for hydroxylation is 2. The second-order valence-electron chi connectivity index (χ2n) is 10.8. The minimum absolute atomic E-state index is 0.0371. The Balaban J connectivity index is 1.44. The van der Waals surface area contributed by atoms with Crippen molar-refractivity contribution in [2.75, 3.05) is 80.7 Å². The van der Waals surface area contributed by atoms with Crippen LogP contribution in [0.5, 0.6) is 5.75 Å². The number of likely N-dealkylation sites (N-methyl/N-ethyl adjacent to an activating group) is 3. The summed E-state index contributed by atoms with van der Waals surface area (Å²) in [6.45, 7) is 9.44. The molecule has 0 spiro atoms. The molecule has 1 amide bonds. The number of nitrogens with zero attached hydrogens (tertiary/aromatic N) is 4. The van der Waals surface area contributed by atoms with Crippen molar-refractivity contribution in [1.82, 2.24) is 19.0 Å². The van der Waals surface area contributed by atoms with Gasteiger partial charge in [-0.25, -0.2) is 8.42 Å². The van der Waals surface area contributed by atoms with Crippen LogP contribution in [-0.2, 0) is 19.6 Å². The van der Waals surface area contributed by atoms with E-state index in [0.29, 0.717) is 22.8 Å². The number of carbonyl (C=O) groups excluding carboxylic acids is 1. The molecule has 1 aromatic carbocycles. The van der Waals surface area contributed by atoms with Gasteiger partial charge < -0.3 is 24.2 Å². The average Bonchev–Trinajstić information content (AvgIpc) is 2.86. The minimum Gasteiger partial charge on any atom is -0.497 e. The van der Waals surface area contributed by atoms with Crippen molar-refractivity contribution in [3.8, 4) is 5.75 Å². The summed E-state index contributed by atoms with van der Waals surface area (Å²) in [5.74, 6) is 1.21. The maximum atomic E-state index is 13.2. The van der Waals surface area contributed by atoms with Gasteiger partial charge in [-0.2, -0.15) is 4.31 Å². The van der Waals surface area contributed by atoms with Gasteiger partial charge in [-0.3, -0.25) is 4.79 Å². The van der Waals surface area contributed by atoms with Gasteiger partial charge in [-0.05, 0) is 69.3 Å². The average molecular weight is 539 g/mol. The lowest BCUT2D eigenvalue weighted by molar-refractivity contribution is -0.137. The molecule has 1 aliphatic heterocycles. The molecule has 0 radical (unpaired) electrons. The van der Waals surface area contributed by atoms with E-state index in [0.717, 1.165) is 52.0 Å². The second kappa shape index (κ2) is 13.4. The molecule has 210 valence electrons. The van der Waals surface area contributed by atoms with Crippen LogP contribution in [0.25, 0.3) is 0 Å². The Morgan fingerprint density at radius 3 is 2.35 bits per heavy atom. The van der Waals surface area contributed by atoms with Crippen LogP contribution >= 0.6 is 0 Å². The number of hydrogen-bond acceptors (Lipinski definition) is 7. The number of amides is 1. The molecule has 0 bridgehead atoms. The van der Waals surface area contributed by atoms with E-state index in [4.69, 9.17) is 9.47 Å². The summed E-state index contributed by atoms with van der Waals surface area (Å²) in [6, 6.07) is 3.69. The SMILES string of the molecule is COc1cc(C)c(S(=O)(=O)N(C)CCOCC(=O)N(C)[C@@H]2CCC[C@H](CN3CCN(C)CC3)C2)c(C)c1. The van der Waals surface area contributed by atoms with E-state index in [9.17, 15) is 13.2 Å². The molecular weight excluding hydrogens is 492 g/mol. The van der Waals surface area contributed by atoms with Gasteiger partial charge in [0.05, 0.1) is 18.6 Å². The number of carbonyl (C=O) groups is 1. The Labute approximate surface area is 223 Å². The van der Waals surface area contributed by atoms with Crippen molar-refractivity contribution in [1.29, 1.82) is 0 Å². The van der Waals surface area contributed by atoms with E-state index in [-0.39, 0.29) is 36.6 Å². The first-order valence-corrected chi connectivity index (χ1v) is 14.8. The predicted molar refractivity (Wildman–Crippen MR) is 146 cm³/mol. The van der Waals surface area contributed by atoms with Gasteiger partial charge in [0.15, 0.2) is 0 Å². The van der Waals surface area contributed by atoms with Gasteiger partial charge in [0.25, 0.3) is 0 Å². The summed E-state index contributed by atoms with van der Waals surface area (Å²) in [6.07, 6.45) is 4.45. The third-order valence-corrected chi connectivity index (χ3v) is 10.1. The minimum atomic E-state index is -3.69. The van der Waals surface area contributed by atoms with Gasteiger partial charge in [-0.1, -0.05) is 6.42 Å². The topological polar surface area (TPSA) is 82.6 Å². The molecule has 0 N–H and O–H groups in total. The van der Waals surface area contributed by atoms with Crippen LogP contribution < -0.4 is 4.74 Å². The molecule has 1 saturated heterocycles. The van der Waals surface area contributed by atoms with Crippen molar-refractivity contribution in [3.63, 3.8) is 0 Å². The van der Waals surface area contributed by atoms with E-state index in [2.05, 4.69) is 16.8 Å². The van der Waals surface area contributed by atoms with E-state index < -0.39 is 10.0 Å². The Bertz CT molecular complexity index is 987. The molecular formula is C27H46N4O5S. The largest absolute Gasteiger partial charge is 0.497 e. The molecule has 1 saturated carbocycles. The summed E-state index contributed by atoms with van der Waals surface area (Å²) in [4.78, 5) is 19.9. The zero-order valence-electron chi connectivity index (χ0n) is 23.5. The molecule has 1 heterocycles. The quantitative estimate of drug-likeness (QED) is 0.400. The highest BCUT2D eigenvalue weighted by molar-refractivity contribution is 7.89. The van der Waals surface area contributed by atoms with E-state index in [1.807, 2.05) is 11.9 Å². The zero-order chi connectivity index (χ0) is 27.2. The summed E-state index contributed by atoms with van der Waals surface area (Å²) in [7, 11) is 3.47. The van der Waals surface area contributed by atoms with E-state index >= 15 is 0 Å². The third kappa shape index (κ3) is 7.89. The lowest BCUT2D eigenvalue weighted by atomic mass is 9.84. The van der Waals surface area contributed by atoms with Crippen molar-refractivity contribution >= 4 is 15.9 Å². The van der Waals surface area contributed by atoms with Gasteiger partial charge >= 0.3 is 0 Å². The fourth-order valence-corrected chi connectivity index (χ4v) is 7.10. The number of benzene rings is 1. The zero-order valence-corrected chi connectivity index (χ0v) is 24.3. The van der Waals surface area contributed by atoms with Crippen LogP contribution in [0.2, 0.25) is 0 Å². The summed E-state index contributed by atoms with van der Waals surface area (Å²) >= 11 is 0. The summed E-state index contributed by atoms with van der Waals surface area (Å²) < 4.78 is 38.5. The van der Waals surface area contributed by atoms with Crippen molar-refractivity contribution in [3.05, 3.63) is 23.3 Å². The maximum absolute atomic E-state index is 13.2. The fourth-order valence-electron chi connectivity index (χ4n) is 5.55.